The summed E-state index contributed by atoms with van der Waals surface area (Å²) in [7, 11) is 0. The van der Waals surface area contributed by atoms with Crippen LogP contribution in [-0.4, -0.2) is 0 Å². The molecule has 1 rings (SSSR count). The summed E-state index contributed by atoms with van der Waals surface area (Å²) in [5.74, 6) is 3.38. The van der Waals surface area contributed by atoms with Gasteiger partial charge >= 0.3 is 0 Å². The zero-order valence-electron chi connectivity index (χ0n) is 13.2. The highest BCUT2D eigenvalue weighted by molar-refractivity contribution is 5.38. The van der Waals surface area contributed by atoms with E-state index >= 15 is 0 Å². The van der Waals surface area contributed by atoms with Crippen LogP contribution in [-0.2, 0) is 11.8 Å². The summed E-state index contributed by atoms with van der Waals surface area (Å²) in [4.78, 5) is 0. The van der Waals surface area contributed by atoms with Crippen molar-refractivity contribution in [2.45, 2.75) is 71.6 Å². The van der Waals surface area contributed by atoms with Crippen LogP contribution in [0.3, 0.4) is 0 Å². The molecular formula is C19H28. The highest BCUT2D eigenvalue weighted by atomic mass is 14.2. The van der Waals surface area contributed by atoms with Crippen molar-refractivity contribution < 1.29 is 0 Å². The maximum absolute atomic E-state index is 5.56. The third kappa shape index (κ3) is 4.13. The molecule has 104 valence electrons. The van der Waals surface area contributed by atoms with Crippen molar-refractivity contribution in [3.8, 4) is 12.3 Å². The van der Waals surface area contributed by atoms with Gasteiger partial charge in [0.1, 0.15) is 0 Å². The Balaban J connectivity index is 3.24. The number of benzene rings is 1. The SMILES string of the molecule is C#CCC(CCC)c1cc(C(C)(C)C)ccc1CC. The monoisotopic (exact) mass is 256 g/mol. The van der Waals surface area contributed by atoms with Gasteiger partial charge in [-0.2, -0.15) is 0 Å². The smallest absolute Gasteiger partial charge is 0.0155 e. The lowest BCUT2D eigenvalue weighted by Gasteiger charge is -2.24. The number of hydrogen-bond donors (Lipinski definition) is 0. The van der Waals surface area contributed by atoms with Crippen LogP contribution in [0.1, 0.15) is 76.5 Å². The van der Waals surface area contributed by atoms with Gasteiger partial charge in [-0.25, -0.2) is 0 Å². The molecule has 0 saturated carbocycles. The molecule has 0 aromatic heterocycles. The van der Waals surface area contributed by atoms with Gasteiger partial charge in [0, 0.05) is 6.42 Å². The van der Waals surface area contributed by atoms with Gasteiger partial charge in [0.2, 0.25) is 0 Å². The maximum atomic E-state index is 5.56. The van der Waals surface area contributed by atoms with E-state index in [0.29, 0.717) is 5.92 Å². The molecule has 0 amide bonds. The molecular weight excluding hydrogens is 228 g/mol. The number of aryl methyl sites for hydroxylation is 1. The highest BCUT2D eigenvalue weighted by Gasteiger charge is 2.18. The predicted molar refractivity (Wildman–Crippen MR) is 85.6 cm³/mol. The van der Waals surface area contributed by atoms with Gasteiger partial charge in [0.05, 0.1) is 0 Å². The van der Waals surface area contributed by atoms with Gasteiger partial charge in [-0.05, 0) is 40.9 Å². The topological polar surface area (TPSA) is 0 Å². The largest absolute Gasteiger partial charge is 0.120 e. The molecule has 0 nitrogen and oxygen atoms in total. The lowest BCUT2D eigenvalue weighted by Crippen LogP contribution is -2.13. The summed E-state index contributed by atoms with van der Waals surface area (Å²) in [6, 6.07) is 6.98. The van der Waals surface area contributed by atoms with E-state index in [-0.39, 0.29) is 5.41 Å². The molecule has 0 aliphatic carbocycles. The number of hydrogen-bond acceptors (Lipinski definition) is 0. The molecule has 0 aliphatic rings. The van der Waals surface area contributed by atoms with E-state index in [1.54, 1.807) is 0 Å². The fourth-order valence-corrected chi connectivity index (χ4v) is 2.62. The van der Waals surface area contributed by atoms with E-state index in [2.05, 4.69) is 58.7 Å². The van der Waals surface area contributed by atoms with Crippen LogP contribution in [0.2, 0.25) is 0 Å². The lowest BCUT2D eigenvalue weighted by molar-refractivity contribution is 0.581. The predicted octanol–water partition coefficient (Wildman–Crippen LogP) is 5.45. The molecule has 1 aromatic rings. The van der Waals surface area contributed by atoms with Crippen LogP contribution in [0.4, 0.5) is 0 Å². The minimum absolute atomic E-state index is 0.202. The van der Waals surface area contributed by atoms with Gasteiger partial charge in [0.25, 0.3) is 0 Å². The van der Waals surface area contributed by atoms with E-state index < -0.39 is 0 Å². The first kappa shape index (κ1) is 15.8. The number of rotatable bonds is 5. The van der Waals surface area contributed by atoms with Crippen molar-refractivity contribution in [1.82, 2.24) is 0 Å². The third-order valence-corrected chi connectivity index (χ3v) is 3.83. The van der Waals surface area contributed by atoms with Crippen molar-refractivity contribution in [1.29, 1.82) is 0 Å². The highest BCUT2D eigenvalue weighted by Crippen LogP contribution is 2.32. The van der Waals surface area contributed by atoms with Crippen molar-refractivity contribution in [2.75, 3.05) is 0 Å². The van der Waals surface area contributed by atoms with E-state index in [9.17, 15) is 0 Å². The molecule has 1 atom stereocenters. The van der Waals surface area contributed by atoms with Crippen LogP contribution in [0, 0.1) is 12.3 Å². The second-order valence-corrected chi connectivity index (χ2v) is 6.41. The van der Waals surface area contributed by atoms with E-state index in [1.165, 1.54) is 29.5 Å². The molecule has 0 bridgehead atoms. The third-order valence-electron chi connectivity index (χ3n) is 3.83. The normalized spacial score (nSPS) is 13.1. The summed E-state index contributed by atoms with van der Waals surface area (Å²) in [6.07, 6.45) is 9.88. The van der Waals surface area contributed by atoms with Gasteiger partial charge in [-0.3, -0.25) is 0 Å². The summed E-state index contributed by atoms with van der Waals surface area (Å²) < 4.78 is 0. The van der Waals surface area contributed by atoms with Crippen LogP contribution in [0.15, 0.2) is 18.2 Å². The average Bonchev–Trinajstić information content (AvgIpc) is 2.36. The molecule has 0 saturated heterocycles. The number of terminal acetylenes is 1. The molecule has 0 spiro atoms. The van der Waals surface area contributed by atoms with Crippen molar-refractivity contribution in [2.24, 2.45) is 0 Å². The molecule has 0 N–H and O–H groups in total. The Morgan fingerprint density at radius 2 is 1.89 bits per heavy atom. The molecule has 19 heavy (non-hydrogen) atoms. The first-order valence-electron chi connectivity index (χ1n) is 7.50. The van der Waals surface area contributed by atoms with Crippen LogP contribution >= 0.6 is 0 Å². The average molecular weight is 256 g/mol. The second kappa shape index (κ2) is 6.80. The lowest BCUT2D eigenvalue weighted by atomic mass is 9.80. The molecule has 0 heterocycles. The standard InChI is InChI=1S/C19H28/c1-7-10-16(11-8-2)18-14-17(19(4,5)6)13-12-15(18)9-3/h1,12-14,16H,8-11H2,2-6H3. The Labute approximate surface area is 119 Å². The maximum Gasteiger partial charge on any atom is 0.0155 e. The van der Waals surface area contributed by atoms with Crippen LogP contribution in [0.5, 0.6) is 0 Å². The summed E-state index contributed by atoms with van der Waals surface area (Å²) in [6.45, 7) is 11.3. The van der Waals surface area contributed by atoms with Gasteiger partial charge in [-0.15, -0.1) is 12.3 Å². The van der Waals surface area contributed by atoms with E-state index in [4.69, 9.17) is 6.42 Å². The van der Waals surface area contributed by atoms with Gasteiger partial charge < -0.3 is 0 Å². The Bertz CT molecular complexity index is 440. The van der Waals surface area contributed by atoms with Crippen LogP contribution < -0.4 is 0 Å². The first-order chi connectivity index (χ1) is 8.93. The first-order valence-corrected chi connectivity index (χ1v) is 7.50. The van der Waals surface area contributed by atoms with Crippen molar-refractivity contribution in [3.05, 3.63) is 34.9 Å². The summed E-state index contributed by atoms with van der Waals surface area (Å²) in [5.41, 5.74) is 4.56. The van der Waals surface area contributed by atoms with Crippen LogP contribution in [0.25, 0.3) is 0 Å². The van der Waals surface area contributed by atoms with E-state index in [1.807, 2.05) is 0 Å². The minimum Gasteiger partial charge on any atom is -0.120 e. The van der Waals surface area contributed by atoms with Crippen molar-refractivity contribution >= 4 is 0 Å². The molecule has 1 aromatic carbocycles. The Morgan fingerprint density at radius 1 is 1.21 bits per heavy atom. The molecule has 1 unspecified atom stereocenters. The van der Waals surface area contributed by atoms with E-state index in [0.717, 1.165) is 12.8 Å². The quantitative estimate of drug-likeness (QED) is 0.614. The summed E-state index contributed by atoms with van der Waals surface area (Å²) >= 11 is 0. The summed E-state index contributed by atoms with van der Waals surface area (Å²) in [5, 5.41) is 0. The second-order valence-electron chi connectivity index (χ2n) is 6.41. The van der Waals surface area contributed by atoms with Crippen molar-refractivity contribution in [3.63, 3.8) is 0 Å². The molecule has 0 radical (unpaired) electrons. The molecule has 0 heteroatoms. The zero-order valence-corrected chi connectivity index (χ0v) is 13.2. The fourth-order valence-electron chi connectivity index (χ4n) is 2.62. The molecule has 0 aliphatic heterocycles. The van der Waals surface area contributed by atoms with Gasteiger partial charge in [-0.1, -0.05) is 59.2 Å². The Hall–Kier alpha value is -1.22. The molecule has 0 fully saturated rings. The fraction of sp³-hybridized carbons (Fsp3) is 0.579. The Kier molecular flexibility index (Phi) is 5.67. The minimum atomic E-state index is 0.202. The zero-order chi connectivity index (χ0) is 14.5. The Morgan fingerprint density at radius 3 is 2.37 bits per heavy atom. The van der Waals surface area contributed by atoms with Gasteiger partial charge in [0.15, 0.2) is 0 Å².